The first-order valence-corrected chi connectivity index (χ1v) is 21.9. The minimum atomic E-state index is -0.647. The molecule has 1 aliphatic carbocycles. The van der Waals surface area contributed by atoms with E-state index in [4.69, 9.17) is 9.40 Å². The lowest BCUT2D eigenvalue weighted by molar-refractivity contribution is 0.669. The standard InChI is InChI=1S/C60H39N3O/c1-4-15-40(16-5-1)41-26-29-45(30-27-41)62(47-32-34-51-50-22-11-13-25-57(50)64-58(51)39-47)46-31-33-49-48-21-10-12-24-54(48)60(55(49)38-46,42-17-6-2-7-18-42)43-28-35-56-53(37-43)52-23-14-36-61-59(52)63(56)44-19-8-3-9-20-44/h1-39H. The highest BCUT2D eigenvalue weighted by Crippen LogP contribution is 2.58. The Morgan fingerprint density at radius 2 is 1.05 bits per heavy atom. The van der Waals surface area contributed by atoms with Gasteiger partial charge in [0.2, 0.25) is 0 Å². The van der Waals surface area contributed by atoms with Gasteiger partial charge in [0.1, 0.15) is 16.8 Å². The second-order valence-electron chi connectivity index (χ2n) is 16.7. The van der Waals surface area contributed by atoms with Gasteiger partial charge < -0.3 is 9.32 Å². The fraction of sp³-hybridized carbons (Fsp3) is 0.0167. The summed E-state index contributed by atoms with van der Waals surface area (Å²) in [4.78, 5) is 7.34. The topological polar surface area (TPSA) is 34.2 Å². The second kappa shape index (κ2) is 14.3. The van der Waals surface area contributed by atoms with Crippen LogP contribution in [-0.2, 0) is 5.41 Å². The van der Waals surface area contributed by atoms with Crippen molar-refractivity contribution in [1.29, 1.82) is 0 Å². The summed E-state index contributed by atoms with van der Waals surface area (Å²) in [5, 5.41) is 4.51. The van der Waals surface area contributed by atoms with E-state index in [0.717, 1.165) is 61.2 Å². The van der Waals surface area contributed by atoms with Gasteiger partial charge in [-0.25, -0.2) is 4.98 Å². The summed E-state index contributed by atoms with van der Waals surface area (Å²) in [7, 11) is 0. The van der Waals surface area contributed by atoms with E-state index in [0.29, 0.717) is 0 Å². The van der Waals surface area contributed by atoms with Crippen molar-refractivity contribution in [3.05, 3.63) is 259 Å². The van der Waals surface area contributed by atoms with Crippen molar-refractivity contribution < 1.29 is 4.42 Å². The van der Waals surface area contributed by atoms with Gasteiger partial charge in [-0.3, -0.25) is 4.57 Å². The molecule has 3 aromatic heterocycles. The molecule has 1 aliphatic rings. The molecule has 0 fully saturated rings. The maximum Gasteiger partial charge on any atom is 0.145 e. The number of nitrogens with zero attached hydrogens (tertiary/aromatic N) is 3. The number of furan rings is 1. The van der Waals surface area contributed by atoms with Gasteiger partial charge in [0.15, 0.2) is 0 Å². The normalized spacial score (nSPS) is 14.3. The quantitative estimate of drug-likeness (QED) is 0.161. The highest BCUT2D eigenvalue weighted by atomic mass is 16.3. The van der Waals surface area contributed by atoms with Gasteiger partial charge >= 0.3 is 0 Å². The van der Waals surface area contributed by atoms with E-state index >= 15 is 0 Å². The first-order chi connectivity index (χ1) is 31.7. The molecule has 0 radical (unpaired) electrons. The van der Waals surface area contributed by atoms with E-state index in [1.807, 2.05) is 24.4 Å². The predicted molar refractivity (Wildman–Crippen MR) is 263 cm³/mol. The van der Waals surface area contributed by atoms with E-state index < -0.39 is 5.41 Å². The third-order valence-electron chi connectivity index (χ3n) is 13.3. The van der Waals surface area contributed by atoms with Crippen molar-refractivity contribution in [2.24, 2.45) is 0 Å². The van der Waals surface area contributed by atoms with Crippen LogP contribution in [0.2, 0.25) is 0 Å². The third-order valence-corrected chi connectivity index (χ3v) is 13.3. The zero-order valence-electron chi connectivity index (χ0n) is 34.8. The van der Waals surface area contributed by atoms with Crippen LogP contribution in [0.15, 0.2) is 241 Å². The Bertz CT molecular complexity index is 3720. The summed E-state index contributed by atoms with van der Waals surface area (Å²) in [6.07, 6.45) is 1.89. The molecule has 12 aromatic rings. The van der Waals surface area contributed by atoms with Gasteiger partial charge in [0, 0.05) is 56.6 Å². The zero-order chi connectivity index (χ0) is 42.2. The molecule has 300 valence electrons. The summed E-state index contributed by atoms with van der Waals surface area (Å²) < 4.78 is 8.81. The maximum atomic E-state index is 6.52. The molecule has 0 saturated carbocycles. The highest BCUT2D eigenvalue weighted by molar-refractivity contribution is 6.09. The Morgan fingerprint density at radius 3 is 1.89 bits per heavy atom. The molecule has 0 amide bonds. The summed E-state index contributed by atoms with van der Waals surface area (Å²) in [5.74, 6) is 0. The number of para-hydroxylation sites is 2. The van der Waals surface area contributed by atoms with Crippen LogP contribution in [0.25, 0.3) is 71.8 Å². The minimum absolute atomic E-state index is 0.647. The van der Waals surface area contributed by atoms with Crippen molar-refractivity contribution >= 4 is 60.9 Å². The number of fused-ring (bicyclic) bond motifs is 9. The number of hydrogen-bond acceptors (Lipinski definition) is 3. The lowest BCUT2D eigenvalue weighted by Gasteiger charge is -2.35. The number of anilines is 3. The molecule has 0 bridgehead atoms. The molecule has 0 spiro atoms. The second-order valence-corrected chi connectivity index (χ2v) is 16.7. The van der Waals surface area contributed by atoms with Crippen LogP contribution in [0.5, 0.6) is 0 Å². The van der Waals surface area contributed by atoms with Crippen LogP contribution >= 0.6 is 0 Å². The lowest BCUT2D eigenvalue weighted by Crippen LogP contribution is -2.28. The van der Waals surface area contributed by atoms with Crippen molar-refractivity contribution in [3.63, 3.8) is 0 Å². The summed E-state index contributed by atoms with van der Waals surface area (Å²) in [6.45, 7) is 0. The van der Waals surface area contributed by atoms with Crippen LogP contribution in [0.1, 0.15) is 22.3 Å². The van der Waals surface area contributed by atoms with Gasteiger partial charge in [-0.05, 0) is 123 Å². The third kappa shape index (κ3) is 5.39. The van der Waals surface area contributed by atoms with Crippen LogP contribution in [0, 0.1) is 0 Å². The van der Waals surface area contributed by atoms with E-state index in [9.17, 15) is 0 Å². The van der Waals surface area contributed by atoms with Crippen molar-refractivity contribution in [3.8, 4) is 27.9 Å². The zero-order valence-corrected chi connectivity index (χ0v) is 34.8. The molecule has 9 aromatic carbocycles. The Kier molecular flexibility index (Phi) is 8.09. The SMILES string of the molecule is c1ccc(-c2ccc(N(c3ccc4c(c3)C(c3ccccc3)(c3ccc5c(c3)c3cccnc3n5-c3ccccc3)c3ccccc3-4)c3ccc4c(c3)oc3ccccc34)cc2)cc1. The van der Waals surface area contributed by atoms with Gasteiger partial charge in [-0.15, -0.1) is 0 Å². The van der Waals surface area contributed by atoms with Gasteiger partial charge in [-0.2, -0.15) is 0 Å². The monoisotopic (exact) mass is 817 g/mol. The van der Waals surface area contributed by atoms with E-state index in [-0.39, 0.29) is 0 Å². The highest BCUT2D eigenvalue weighted by Gasteiger charge is 2.46. The smallest absolute Gasteiger partial charge is 0.145 e. The Labute approximate surface area is 370 Å². The average molecular weight is 818 g/mol. The molecule has 4 heteroatoms. The molecule has 0 aliphatic heterocycles. The summed E-state index contributed by atoms with van der Waals surface area (Å²) in [5.41, 5.74) is 17.1. The molecule has 1 atom stereocenters. The number of aromatic nitrogens is 2. The number of hydrogen-bond donors (Lipinski definition) is 0. The van der Waals surface area contributed by atoms with Gasteiger partial charge in [-0.1, -0.05) is 146 Å². The van der Waals surface area contributed by atoms with E-state index in [1.54, 1.807) is 0 Å². The Morgan fingerprint density at radius 1 is 0.406 bits per heavy atom. The van der Waals surface area contributed by atoms with Crippen LogP contribution in [0.4, 0.5) is 17.1 Å². The van der Waals surface area contributed by atoms with Crippen LogP contribution in [0.3, 0.4) is 0 Å². The van der Waals surface area contributed by atoms with Crippen LogP contribution < -0.4 is 4.90 Å². The predicted octanol–water partition coefficient (Wildman–Crippen LogP) is 15.6. The molecule has 13 rings (SSSR count). The maximum absolute atomic E-state index is 6.52. The Balaban J connectivity index is 1.07. The minimum Gasteiger partial charge on any atom is -0.456 e. The number of rotatable bonds is 7. The molecule has 0 N–H and O–H groups in total. The van der Waals surface area contributed by atoms with Gasteiger partial charge in [0.25, 0.3) is 0 Å². The molecule has 0 saturated heterocycles. The fourth-order valence-corrected chi connectivity index (χ4v) is 10.5. The molecule has 3 heterocycles. The largest absolute Gasteiger partial charge is 0.456 e. The molecular formula is C60H39N3O. The summed E-state index contributed by atoms with van der Waals surface area (Å²) >= 11 is 0. The number of pyridine rings is 1. The van der Waals surface area contributed by atoms with E-state index in [1.165, 1.54) is 49.9 Å². The van der Waals surface area contributed by atoms with Crippen molar-refractivity contribution in [1.82, 2.24) is 9.55 Å². The molecule has 4 nitrogen and oxygen atoms in total. The lowest BCUT2D eigenvalue weighted by atomic mass is 9.67. The average Bonchev–Trinajstić information content (AvgIpc) is 4.01. The van der Waals surface area contributed by atoms with E-state index in [2.05, 4.69) is 222 Å². The fourth-order valence-electron chi connectivity index (χ4n) is 10.5. The molecular weight excluding hydrogens is 779 g/mol. The first kappa shape index (κ1) is 36.2. The first-order valence-electron chi connectivity index (χ1n) is 21.9. The Hall–Kier alpha value is -8.47. The van der Waals surface area contributed by atoms with Gasteiger partial charge in [0.05, 0.1) is 10.9 Å². The summed E-state index contributed by atoms with van der Waals surface area (Å²) in [6, 6.07) is 83.4. The molecule has 1 unspecified atom stereocenters. The number of benzene rings is 9. The van der Waals surface area contributed by atoms with Crippen molar-refractivity contribution in [2.75, 3.05) is 4.90 Å². The van der Waals surface area contributed by atoms with Crippen molar-refractivity contribution in [2.45, 2.75) is 5.41 Å². The van der Waals surface area contributed by atoms with Crippen LogP contribution in [-0.4, -0.2) is 9.55 Å². The molecule has 64 heavy (non-hydrogen) atoms.